The van der Waals surface area contributed by atoms with Gasteiger partial charge in [0.2, 0.25) is 0 Å². The summed E-state index contributed by atoms with van der Waals surface area (Å²) in [5, 5.41) is 3.29. The van der Waals surface area contributed by atoms with Gasteiger partial charge < -0.3 is 15.5 Å². The Morgan fingerprint density at radius 1 is 1.19 bits per heavy atom. The van der Waals surface area contributed by atoms with Crippen LogP contribution in [0.3, 0.4) is 0 Å². The minimum absolute atomic E-state index is 0.293. The van der Waals surface area contributed by atoms with Crippen LogP contribution < -0.4 is 21.3 Å². The molecule has 110 valence electrons. The fraction of sp³-hybridized carbons (Fsp3) is 0.133. The summed E-state index contributed by atoms with van der Waals surface area (Å²) in [6.07, 6.45) is 0. The molecule has 0 unspecified atom stereocenters. The van der Waals surface area contributed by atoms with Crippen LogP contribution in [0.4, 0.5) is 11.4 Å². The highest BCUT2D eigenvalue weighted by molar-refractivity contribution is 6.31. The quantitative estimate of drug-likeness (QED) is 0.599. The number of hydrogen-bond donors (Lipinski definition) is 3. The highest BCUT2D eigenvalue weighted by Gasteiger charge is 2.13. The Morgan fingerprint density at radius 2 is 1.90 bits per heavy atom. The van der Waals surface area contributed by atoms with Gasteiger partial charge in [-0.2, -0.15) is 0 Å². The Morgan fingerprint density at radius 3 is 2.52 bits per heavy atom. The van der Waals surface area contributed by atoms with E-state index in [4.69, 9.17) is 22.2 Å². The summed E-state index contributed by atoms with van der Waals surface area (Å²) in [6, 6.07) is 10.3. The number of hydrazine groups is 1. The Bertz CT molecular complexity index is 674. The first-order chi connectivity index (χ1) is 10.0. The van der Waals surface area contributed by atoms with E-state index >= 15 is 0 Å². The molecule has 0 saturated carbocycles. The number of ether oxygens (including phenoxy) is 1. The molecule has 0 spiro atoms. The van der Waals surface area contributed by atoms with Crippen molar-refractivity contribution in [3.63, 3.8) is 0 Å². The average Bonchev–Trinajstić information content (AvgIpc) is 2.49. The number of nitrogen functional groups attached to an aromatic ring is 1. The van der Waals surface area contributed by atoms with Crippen LogP contribution >= 0.6 is 11.6 Å². The molecule has 0 atom stereocenters. The van der Waals surface area contributed by atoms with Gasteiger partial charge in [-0.1, -0.05) is 11.6 Å². The molecule has 0 heterocycles. The van der Waals surface area contributed by atoms with E-state index in [2.05, 4.69) is 10.7 Å². The fourth-order valence-electron chi connectivity index (χ4n) is 1.92. The molecular formula is C15H16ClN3O2. The molecule has 2 aromatic carbocycles. The van der Waals surface area contributed by atoms with Gasteiger partial charge in [0.25, 0.3) is 5.91 Å². The fourth-order valence-corrected chi connectivity index (χ4v) is 2.10. The summed E-state index contributed by atoms with van der Waals surface area (Å²) in [5.41, 5.74) is 4.95. The van der Waals surface area contributed by atoms with E-state index < -0.39 is 0 Å². The largest absolute Gasteiger partial charge is 0.497 e. The molecule has 0 fully saturated rings. The van der Waals surface area contributed by atoms with Gasteiger partial charge in [0.15, 0.2) is 0 Å². The van der Waals surface area contributed by atoms with Crippen molar-refractivity contribution in [1.82, 2.24) is 0 Å². The molecule has 2 rings (SSSR count). The van der Waals surface area contributed by atoms with Crippen molar-refractivity contribution in [1.29, 1.82) is 0 Å². The number of methoxy groups -OCH3 is 1. The average molecular weight is 306 g/mol. The van der Waals surface area contributed by atoms with Gasteiger partial charge >= 0.3 is 0 Å². The predicted octanol–water partition coefficient (Wildman–Crippen LogP) is 3.19. The number of rotatable bonds is 4. The molecule has 0 saturated heterocycles. The smallest absolute Gasteiger partial charge is 0.257 e. The number of amides is 1. The normalized spacial score (nSPS) is 10.1. The molecule has 2 aromatic rings. The molecule has 0 aliphatic carbocycles. The maximum Gasteiger partial charge on any atom is 0.257 e. The van der Waals surface area contributed by atoms with Crippen LogP contribution in [0.2, 0.25) is 5.02 Å². The van der Waals surface area contributed by atoms with E-state index in [-0.39, 0.29) is 5.91 Å². The second-order valence-electron chi connectivity index (χ2n) is 4.47. The summed E-state index contributed by atoms with van der Waals surface area (Å²) in [4.78, 5) is 12.4. The van der Waals surface area contributed by atoms with Gasteiger partial charge in [0, 0.05) is 10.7 Å². The van der Waals surface area contributed by atoms with Crippen LogP contribution in [0, 0.1) is 6.92 Å². The summed E-state index contributed by atoms with van der Waals surface area (Å²) < 4.78 is 5.14. The van der Waals surface area contributed by atoms with Gasteiger partial charge in [0.05, 0.1) is 18.4 Å². The van der Waals surface area contributed by atoms with Crippen LogP contribution in [0.25, 0.3) is 0 Å². The molecule has 5 nitrogen and oxygen atoms in total. The summed E-state index contributed by atoms with van der Waals surface area (Å²) in [5.74, 6) is 5.85. The lowest BCUT2D eigenvalue weighted by atomic mass is 10.1. The number of nitrogens with two attached hydrogens (primary N) is 1. The molecule has 1 amide bonds. The second-order valence-corrected chi connectivity index (χ2v) is 4.91. The highest BCUT2D eigenvalue weighted by Crippen LogP contribution is 2.24. The van der Waals surface area contributed by atoms with Crippen molar-refractivity contribution >= 4 is 28.9 Å². The van der Waals surface area contributed by atoms with Gasteiger partial charge in [-0.05, 0) is 48.9 Å². The first-order valence-electron chi connectivity index (χ1n) is 6.27. The third kappa shape index (κ3) is 3.45. The monoisotopic (exact) mass is 305 g/mol. The second kappa shape index (κ2) is 6.47. The molecule has 0 aromatic heterocycles. The lowest BCUT2D eigenvalue weighted by Crippen LogP contribution is -2.17. The number of anilines is 2. The van der Waals surface area contributed by atoms with Crippen LogP contribution in [-0.4, -0.2) is 13.0 Å². The van der Waals surface area contributed by atoms with E-state index in [9.17, 15) is 4.79 Å². The van der Waals surface area contributed by atoms with Crippen LogP contribution in [0.1, 0.15) is 15.9 Å². The zero-order valence-electron chi connectivity index (χ0n) is 11.7. The van der Waals surface area contributed by atoms with E-state index in [1.54, 1.807) is 37.4 Å². The molecule has 0 aliphatic rings. The van der Waals surface area contributed by atoms with Crippen molar-refractivity contribution in [2.75, 3.05) is 17.9 Å². The van der Waals surface area contributed by atoms with Crippen LogP contribution in [0.5, 0.6) is 5.75 Å². The van der Waals surface area contributed by atoms with Gasteiger partial charge in [-0.15, -0.1) is 0 Å². The molecule has 4 N–H and O–H groups in total. The minimum atomic E-state index is -0.293. The lowest BCUT2D eigenvalue weighted by molar-refractivity contribution is 0.102. The summed E-state index contributed by atoms with van der Waals surface area (Å²) in [7, 11) is 1.60. The Balaban J connectivity index is 2.28. The van der Waals surface area contributed by atoms with Gasteiger partial charge in [-0.3, -0.25) is 10.6 Å². The molecule has 0 bridgehead atoms. The maximum atomic E-state index is 12.4. The van der Waals surface area contributed by atoms with E-state index in [1.165, 1.54) is 0 Å². The van der Waals surface area contributed by atoms with Crippen molar-refractivity contribution in [2.45, 2.75) is 6.92 Å². The Labute approximate surface area is 128 Å². The Hall–Kier alpha value is -2.24. The third-order valence-electron chi connectivity index (χ3n) is 3.06. The maximum absolute atomic E-state index is 12.4. The molecule has 0 aliphatic heterocycles. The van der Waals surface area contributed by atoms with Crippen LogP contribution in [-0.2, 0) is 0 Å². The third-order valence-corrected chi connectivity index (χ3v) is 3.30. The number of carbonyl (C=O) groups excluding carboxylic acids is 1. The SMILES string of the molecule is COc1ccc(NC(=O)c2cc(Cl)ccc2NN)c(C)c1. The molecule has 0 radical (unpaired) electrons. The number of hydrogen-bond acceptors (Lipinski definition) is 4. The molecule has 21 heavy (non-hydrogen) atoms. The number of nitrogens with one attached hydrogen (secondary N) is 2. The van der Waals surface area contributed by atoms with Crippen molar-refractivity contribution in [3.05, 3.63) is 52.5 Å². The zero-order valence-corrected chi connectivity index (χ0v) is 12.5. The Kier molecular flexibility index (Phi) is 4.67. The predicted molar refractivity (Wildman–Crippen MR) is 84.9 cm³/mol. The molecule has 6 heteroatoms. The highest BCUT2D eigenvalue weighted by atomic mass is 35.5. The van der Waals surface area contributed by atoms with Crippen molar-refractivity contribution in [2.24, 2.45) is 5.84 Å². The molecular weight excluding hydrogens is 290 g/mol. The number of benzene rings is 2. The number of carbonyl (C=O) groups is 1. The van der Waals surface area contributed by atoms with E-state index in [0.29, 0.717) is 22.0 Å². The summed E-state index contributed by atoms with van der Waals surface area (Å²) in [6.45, 7) is 1.89. The first-order valence-corrected chi connectivity index (χ1v) is 6.65. The van der Waals surface area contributed by atoms with Crippen molar-refractivity contribution < 1.29 is 9.53 Å². The topological polar surface area (TPSA) is 76.4 Å². The lowest BCUT2D eigenvalue weighted by Gasteiger charge is -2.12. The standard InChI is InChI=1S/C15H16ClN3O2/c1-9-7-11(21-2)4-6-13(9)18-15(20)12-8-10(16)3-5-14(12)19-17/h3-8,19H,17H2,1-2H3,(H,18,20). The van der Waals surface area contributed by atoms with Gasteiger partial charge in [0.1, 0.15) is 5.75 Å². The summed E-state index contributed by atoms with van der Waals surface area (Å²) >= 11 is 5.93. The number of aryl methyl sites for hydroxylation is 1. The van der Waals surface area contributed by atoms with Crippen molar-refractivity contribution in [3.8, 4) is 5.75 Å². The van der Waals surface area contributed by atoms with Gasteiger partial charge in [-0.25, -0.2) is 0 Å². The van der Waals surface area contributed by atoms with E-state index in [1.807, 2.05) is 13.0 Å². The van der Waals surface area contributed by atoms with Crippen LogP contribution in [0.15, 0.2) is 36.4 Å². The number of halogens is 1. The first kappa shape index (κ1) is 15.2. The minimum Gasteiger partial charge on any atom is -0.497 e. The van der Waals surface area contributed by atoms with E-state index in [0.717, 1.165) is 11.3 Å². The zero-order chi connectivity index (χ0) is 15.4.